The summed E-state index contributed by atoms with van der Waals surface area (Å²) in [5.74, 6) is 1.96. The fourth-order valence-electron chi connectivity index (χ4n) is 10.3. The first-order valence-electron chi connectivity index (χ1n) is 22.3. The summed E-state index contributed by atoms with van der Waals surface area (Å²) in [7, 11) is 0. The summed E-state index contributed by atoms with van der Waals surface area (Å²) < 4.78 is 0. The average molecular weight is 826 g/mol. The Kier molecular flexibility index (Phi) is 8.60. The molecule has 0 saturated carbocycles. The van der Waals surface area contributed by atoms with Crippen molar-refractivity contribution in [3.05, 3.63) is 236 Å². The van der Waals surface area contributed by atoms with Crippen molar-refractivity contribution < 1.29 is 0 Å². The van der Waals surface area contributed by atoms with Gasteiger partial charge >= 0.3 is 0 Å². The molecule has 0 saturated heterocycles. The molecule has 11 aromatic carbocycles. The maximum atomic E-state index is 4.94. The highest BCUT2D eigenvalue weighted by molar-refractivity contribution is 6.26. The lowest BCUT2D eigenvalue weighted by molar-refractivity contribution is 1.07. The van der Waals surface area contributed by atoms with E-state index in [0.717, 1.165) is 34.2 Å². The van der Waals surface area contributed by atoms with Crippen LogP contribution < -0.4 is 0 Å². The van der Waals surface area contributed by atoms with Gasteiger partial charge in [0.2, 0.25) is 0 Å². The largest absolute Gasteiger partial charge is 0.208 e. The lowest BCUT2D eigenvalue weighted by Gasteiger charge is -2.16. The molecule has 302 valence electrons. The Hall–Kier alpha value is -8.53. The fourth-order valence-corrected chi connectivity index (χ4v) is 10.3. The summed E-state index contributed by atoms with van der Waals surface area (Å²) in [5.41, 5.74) is 15.6. The molecule has 3 heteroatoms. The van der Waals surface area contributed by atoms with Gasteiger partial charge in [0.05, 0.1) is 0 Å². The van der Waals surface area contributed by atoms with Crippen LogP contribution in [0.25, 0.3) is 122 Å². The molecule has 1 aliphatic carbocycles. The van der Waals surface area contributed by atoms with Gasteiger partial charge in [0.1, 0.15) is 0 Å². The van der Waals surface area contributed by atoms with Gasteiger partial charge in [0, 0.05) is 16.7 Å². The van der Waals surface area contributed by atoms with Gasteiger partial charge in [0.25, 0.3) is 0 Å². The van der Waals surface area contributed by atoms with E-state index in [4.69, 9.17) is 15.0 Å². The maximum Gasteiger partial charge on any atom is 0.164 e. The molecule has 0 spiro atoms. The van der Waals surface area contributed by atoms with E-state index in [-0.39, 0.29) is 0 Å². The van der Waals surface area contributed by atoms with Gasteiger partial charge < -0.3 is 0 Å². The summed E-state index contributed by atoms with van der Waals surface area (Å²) >= 11 is 0. The molecule has 1 aliphatic rings. The van der Waals surface area contributed by atoms with E-state index >= 15 is 0 Å². The minimum Gasteiger partial charge on any atom is -0.208 e. The Morgan fingerprint density at radius 1 is 0.246 bits per heavy atom. The van der Waals surface area contributed by atoms with Crippen LogP contribution in [0.1, 0.15) is 11.1 Å². The van der Waals surface area contributed by atoms with Gasteiger partial charge in [-0.15, -0.1) is 0 Å². The molecule has 1 heterocycles. The predicted octanol–water partition coefficient (Wildman–Crippen LogP) is 16.1. The Balaban J connectivity index is 0.872. The molecule has 0 N–H and O–H groups in total. The normalized spacial score (nSPS) is 11.9. The van der Waals surface area contributed by atoms with E-state index in [2.05, 4.69) is 164 Å². The molecule has 0 fully saturated rings. The molecule has 0 bridgehead atoms. The molecular weight excluding hydrogens is 787 g/mol. The number of benzene rings is 11. The zero-order chi connectivity index (χ0) is 42.8. The first kappa shape index (κ1) is 37.1. The lowest BCUT2D eigenvalue weighted by Crippen LogP contribution is -2.00. The van der Waals surface area contributed by atoms with Gasteiger partial charge in [-0.2, -0.15) is 0 Å². The van der Waals surface area contributed by atoms with Crippen LogP contribution in [0.15, 0.2) is 224 Å². The number of rotatable bonds is 6. The minimum absolute atomic E-state index is 0.649. The monoisotopic (exact) mass is 825 g/mol. The highest BCUT2D eigenvalue weighted by Crippen LogP contribution is 2.49. The summed E-state index contributed by atoms with van der Waals surface area (Å²) in [6.07, 6.45) is 0.918. The average Bonchev–Trinajstić information content (AvgIpc) is 3.78. The van der Waals surface area contributed by atoms with Crippen molar-refractivity contribution in [2.45, 2.75) is 6.42 Å². The first-order valence-corrected chi connectivity index (χ1v) is 22.3. The topological polar surface area (TPSA) is 38.7 Å². The quantitative estimate of drug-likeness (QED) is 0.157. The minimum atomic E-state index is 0.649. The molecule has 0 amide bonds. The number of hydrogen-bond donors (Lipinski definition) is 0. The molecule has 0 atom stereocenters. The van der Waals surface area contributed by atoms with Crippen molar-refractivity contribution in [2.75, 3.05) is 0 Å². The van der Waals surface area contributed by atoms with E-state index in [1.165, 1.54) is 87.6 Å². The molecule has 0 unspecified atom stereocenters. The van der Waals surface area contributed by atoms with Crippen molar-refractivity contribution in [2.24, 2.45) is 0 Å². The molecule has 65 heavy (non-hydrogen) atoms. The molecule has 3 nitrogen and oxygen atoms in total. The Morgan fingerprint density at radius 2 is 0.677 bits per heavy atom. The van der Waals surface area contributed by atoms with Crippen molar-refractivity contribution in [3.8, 4) is 78.7 Å². The third-order valence-electron chi connectivity index (χ3n) is 13.4. The summed E-state index contributed by atoms with van der Waals surface area (Å²) in [6.45, 7) is 0. The van der Waals surface area contributed by atoms with Crippen LogP contribution in [-0.2, 0) is 6.42 Å². The third-order valence-corrected chi connectivity index (χ3v) is 13.4. The van der Waals surface area contributed by atoms with Gasteiger partial charge in [-0.05, 0) is 117 Å². The molecule has 13 rings (SSSR count). The van der Waals surface area contributed by atoms with Gasteiger partial charge in [-0.3, -0.25) is 0 Å². The standard InChI is InChI=1S/C62H39N3/c1-3-14-42(15-4-1)60-63-61(43-16-5-2-6-17-43)65-62(64-60)44-32-28-40(29-33-44)39-26-30-41(31-27-39)55-38-58-57(53-24-12-10-22-51(53)55)37-46-18-13-25-47(59(46)58)45-34-35-54-50-21-8-7-19-48(50)49-20-9-11-23-52(49)56(54)36-45/h1-36,38H,37H2. The van der Waals surface area contributed by atoms with Gasteiger partial charge in [-0.25, -0.2) is 15.0 Å². The van der Waals surface area contributed by atoms with E-state index in [0.29, 0.717) is 17.5 Å². The van der Waals surface area contributed by atoms with E-state index in [1.807, 2.05) is 60.7 Å². The SMILES string of the molecule is c1ccc(-c2nc(-c3ccccc3)nc(-c3ccc(-c4ccc(-c5cc6c(c7ccccc57)Cc5cccc(-c7ccc8c9ccccc9c9ccccc9c8c7)c5-6)cc4)cc3)n2)cc1. The highest BCUT2D eigenvalue weighted by atomic mass is 15.0. The number of fused-ring (bicyclic) bond motifs is 11. The second kappa shape index (κ2) is 15.1. The summed E-state index contributed by atoms with van der Waals surface area (Å²) in [5, 5.41) is 10.4. The van der Waals surface area contributed by atoms with Crippen LogP contribution in [0.5, 0.6) is 0 Å². The molecule has 0 aliphatic heterocycles. The summed E-state index contributed by atoms with van der Waals surface area (Å²) in [4.78, 5) is 14.8. The second-order valence-electron chi connectivity index (χ2n) is 17.1. The van der Waals surface area contributed by atoms with Crippen LogP contribution in [0, 0.1) is 0 Å². The zero-order valence-corrected chi connectivity index (χ0v) is 35.4. The molecular formula is C62H39N3. The fraction of sp³-hybridized carbons (Fsp3) is 0.0161. The van der Waals surface area contributed by atoms with Crippen LogP contribution >= 0.6 is 0 Å². The maximum absolute atomic E-state index is 4.94. The first-order chi connectivity index (χ1) is 32.2. The molecule has 0 radical (unpaired) electrons. The van der Waals surface area contributed by atoms with Crippen LogP contribution in [0.3, 0.4) is 0 Å². The van der Waals surface area contributed by atoms with E-state index in [9.17, 15) is 0 Å². The van der Waals surface area contributed by atoms with Crippen molar-refractivity contribution in [1.82, 2.24) is 15.0 Å². The summed E-state index contributed by atoms with van der Waals surface area (Å²) in [6, 6.07) is 80.9. The highest BCUT2D eigenvalue weighted by Gasteiger charge is 2.26. The predicted molar refractivity (Wildman–Crippen MR) is 271 cm³/mol. The van der Waals surface area contributed by atoms with Crippen LogP contribution in [-0.4, -0.2) is 15.0 Å². The Morgan fingerprint density at radius 3 is 1.25 bits per heavy atom. The van der Waals surface area contributed by atoms with Crippen LogP contribution in [0.4, 0.5) is 0 Å². The Labute approximate surface area is 377 Å². The van der Waals surface area contributed by atoms with Crippen molar-refractivity contribution in [1.29, 1.82) is 0 Å². The van der Waals surface area contributed by atoms with Crippen molar-refractivity contribution >= 4 is 43.1 Å². The molecule has 1 aromatic heterocycles. The number of hydrogen-bond acceptors (Lipinski definition) is 3. The van der Waals surface area contributed by atoms with Crippen LogP contribution in [0.2, 0.25) is 0 Å². The second-order valence-corrected chi connectivity index (χ2v) is 17.1. The third kappa shape index (κ3) is 6.24. The van der Waals surface area contributed by atoms with Gasteiger partial charge in [0.15, 0.2) is 17.5 Å². The van der Waals surface area contributed by atoms with Gasteiger partial charge in [-0.1, -0.05) is 212 Å². The lowest BCUT2D eigenvalue weighted by atomic mass is 9.87. The van der Waals surface area contributed by atoms with E-state index < -0.39 is 0 Å². The Bertz CT molecular complexity index is 3730. The molecule has 12 aromatic rings. The zero-order valence-electron chi connectivity index (χ0n) is 35.4. The van der Waals surface area contributed by atoms with Crippen molar-refractivity contribution in [3.63, 3.8) is 0 Å². The van der Waals surface area contributed by atoms with E-state index in [1.54, 1.807) is 0 Å². The number of aromatic nitrogens is 3. The number of nitrogens with zero attached hydrogens (tertiary/aromatic N) is 3. The smallest absolute Gasteiger partial charge is 0.164 e.